The maximum atomic E-state index is 13.3. The average molecular weight is 578 g/mol. The molecule has 0 spiro atoms. The van der Waals surface area contributed by atoms with E-state index < -0.39 is 5.92 Å². The van der Waals surface area contributed by atoms with Crippen molar-refractivity contribution >= 4 is 57.9 Å². The monoisotopic (exact) mass is 577 g/mol. The molecule has 3 heterocycles. The van der Waals surface area contributed by atoms with Crippen LogP contribution in [0.25, 0.3) is 0 Å². The number of thiophene rings is 1. The second-order valence-corrected chi connectivity index (χ2v) is 11.9. The van der Waals surface area contributed by atoms with Crippen molar-refractivity contribution in [2.45, 2.75) is 12.8 Å². The predicted molar refractivity (Wildman–Crippen MR) is 169 cm³/mol. The number of hydrogen-bond acceptors (Lipinski definition) is 7. The third-order valence-corrected chi connectivity index (χ3v) is 8.63. The van der Waals surface area contributed by atoms with Gasteiger partial charge in [-0.3, -0.25) is 19.4 Å². The Hall–Kier alpha value is -4.60. The summed E-state index contributed by atoms with van der Waals surface area (Å²) in [5.41, 5.74) is 4.77. The van der Waals surface area contributed by atoms with Gasteiger partial charge in [0.05, 0.1) is 10.6 Å². The molecule has 8 nitrogen and oxygen atoms in total. The van der Waals surface area contributed by atoms with Gasteiger partial charge in [0.2, 0.25) is 5.91 Å². The van der Waals surface area contributed by atoms with Crippen molar-refractivity contribution in [2.75, 3.05) is 48.8 Å². The minimum atomic E-state index is -0.541. The number of aliphatic imine (C=N–C) groups is 1. The molecular formula is C33H31N5O3S. The lowest BCUT2D eigenvalue weighted by Crippen LogP contribution is -2.44. The maximum Gasteiger partial charge on any atom is 0.265 e. The summed E-state index contributed by atoms with van der Waals surface area (Å²) in [6.07, 6.45) is 1.66. The van der Waals surface area contributed by atoms with Crippen molar-refractivity contribution in [2.24, 2.45) is 4.99 Å². The first-order chi connectivity index (χ1) is 20.3. The number of carbonyl (C=O) groups excluding carboxylic acids is 3. The summed E-state index contributed by atoms with van der Waals surface area (Å²) in [6, 6.07) is 23.9. The summed E-state index contributed by atoms with van der Waals surface area (Å²) in [6.45, 7) is 6.04. The van der Waals surface area contributed by atoms with Gasteiger partial charge in [0.25, 0.3) is 5.91 Å². The molecule has 2 amide bonds. The first kappa shape index (κ1) is 27.6. The average Bonchev–Trinajstić information content (AvgIpc) is 3.58. The van der Waals surface area contributed by atoms with Gasteiger partial charge in [0.1, 0.15) is 5.92 Å². The Morgan fingerprint density at radius 1 is 0.952 bits per heavy atom. The van der Waals surface area contributed by atoms with Crippen molar-refractivity contribution in [3.63, 3.8) is 0 Å². The first-order valence-corrected chi connectivity index (χ1v) is 14.7. The molecule has 6 rings (SSSR count). The fraction of sp³-hybridized carbons (Fsp3) is 0.212. The van der Waals surface area contributed by atoms with E-state index in [1.165, 1.54) is 17.0 Å². The molecular weight excluding hydrogens is 546 g/mol. The Labute approximate surface area is 248 Å². The standard InChI is InChI=1S/C33H31N5O3S/c1-21-6-13-30(42-21)33(41)35-25-5-3-4-22(18-25)31(39)23-7-12-27-28(32(40)36-29(27)19-23)20-34-24-8-10-26(11-9-24)38-16-14-37(2)15-17-38/h3-13,18-20,28H,14-17H2,1-2H3,(H,35,41)(H,36,40). The van der Waals surface area contributed by atoms with Crippen LogP contribution in [-0.4, -0.2) is 61.9 Å². The minimum absolute atomic E-state index is 0.180. The molecule has 2 aliphatic rings. The van der Waals surface area contributed by atoms with Crippen molar-refractivity contribution < 1.29 is 14.4 Å². The molecule has 42 heavy (non-hydrogen) atoms. The molecule has 1 unspecified atom stereocenters. The quantitative estimate of drug-likeness (QED) is 0.216. The van der Waals surface area contributed by atoms with Crippen LogP contribution >= 0.6 is 11.3 Å². The zero-order valence-electron chi connectivity index (χ0n) is 23.5. The highest BCUT2D eigenvalue weighted by Gasteiger charge is 2.30. The number of aryl methyl sites for hydroxylation is 1. The molecule has 9 heteroatoms. The number of fused-ring (bicyclic) bond motifs is 1. The first-order valence-electron chi connectivity index (χ1n) is 13.9. The molecule has 2 N–H and O–H groups in total. The number of benzene rings is 3. The molecule has 1 fully saturated rings. The molecule has 1 atom stereocenters. The van der Waals surface area contributed by atoms with Crippen LogP contribution < -0.4 is 15.5 Å². The number of ketones is 1. The van der Waals surface area contributed by atoms with Crippen LogP contribution in [0.1, 0.15) is 42.0 Å². The van der Waals surface area contributed by atoms with Gasteiger partial charge in [-0.2, -0.15) is 0 Å². The Morgan fingerprint density at radius 2 is 1.71 bits per heavy atom. The molecule has 0 saturated carbocycles. The normalized spacial score (nSPS) is 16.9. The van der Waals surface area contributed by atoms with Crippen LogP contribution in [-0.2, 0) is 4.79 Å². The van der Waals surface area contributed by atoms with E-state index in [1.54, 1.807) is 54.7 Å². The highest BCUT2D eigenvalue weighted by molar-refractivity contribution is 7.14. The summed E-state index contributed by atoms with van der Waals surface area (Å²) in [4.78, 5) is 49.7. The second-order valence-electron chi connectivity index (χ2n) is 10.6. The molecule has 0 aliphatic carbocycles. The lowest BCUT2D eigenvalue weighted by atomic mass is 9.97. The van der Waals surface area contributed by atoms with E-state index in [4.69, 9.17) is 0 Å². The van der Waals surface area contributed by atoms with Crippen molar-refractivity contribution in [3.05, 3.63) is 105 Å². The lowest BCUT2D eigenvalue weighted by Gasteiger charge is -2.34. The molecule has 4 aromatic rings. The van der Waals surface area contributed by atoms with Crippen LogP contribution in [0.2, 0.25) is 0 Å². The Balaban J connectivity index is 1.13. The van der Waals surface area contributed by atoms with E-state index in [0.29, 0.717) is 27.4 Å². The van der Waals surface area contributed by atoms with Crippen LogP contribution in [0.3, 0.4) is 0 Å². The van der Waals surface area contributed by atoms with E-state index in [-0.39, 0.29) is 17.6 Å². The zero-order valence-corrected chi connectivity index (χ0v) is 24.3. The molecule has 3 aromatic carbocycles. The number of nitrogens with zero attached hydrogens (tertiary/aromatic N) is 3. The number of hydrogen-bond donors (Lipinski definition) is 2. The summed E-state index contributed by atoms with van der Waals surface area (Å²) in [5.74, 6) is -1.13. The molecule has 1 aromatic heterocycles. The largest absolute Gasteiger partial charge is 0.369 e. The van der Waals surface area contributed by atoms with Gasteiger partial charge in [-0.1, -0.05) is 24.3 Å². The lowest BCUT2D eigenvalue weighted by molar-refractivity contribution is -0.115. The van der Waals surface area contributed by atoms with Gasteiger partial charge >= 0.3 is 0 Å². The van der Waals surface area contributed by atoms with Gasteiger partial charge < -0.3 is 20.4 Å². The molecule has 212 valence electrons. The Kier molecular flexibility index (Phi) is 7.69. The van der Waals surface area contributed by atoms with E-state index >= 15 is 0 Å². The smallest absolute Gasteiger partial charge is 0.265 e. The topological polar surface area (TPSA) is 94.1 Å². The van der Waals surface area contributed by atoms with E-state index in [2.05, 4.69) is 44.6 Å². The zero-order chi connectivity index (χ0) is 29.2. The van der Waals surface area contributed by atoms with Gasteiger partial charge in [-0.15, -0.1) is 11.3 Å². The highest BCUT2D eigenvalue weighted by atomic mass is 32.1. The third-order valence-electron chi connectivity index (χ3n) is 7.63. The number of rotatable bonds is 7. The number of amides is 2. The molecule has 1 saturated heterocycles. The van der Waals surface area contributed by atoms with Crippen LogP contribution in [0.4, 0.5) is 22.7 Å². The second kappa shape index (κ2) is 11.7. The maximum absolute atomic E-state index is 13.3. The third kappa shape index (κ3) is 5.88. The number of anilines is 3. The van der Waals surface area contributed by atoms with Gasteiger partial charge in [0.15, 0.2) is 5.78 Å². The number of carbonyl (C=O) groups is 3. The number of nitrogens with one attached hydrogen (secondary N) is 2. The molecule has 2 aliphatic heterocycles. The predicted octanol–water partition coefficient (Wildman–Crippen LogP) is 5.73. The van der Waals surface area contributed by atoms with Gasteiger partial charge in [-0.05, 0) is 74.1 Å². The summed E-state index contributed by atoms with van der Waals surface area (Å²) in [7, 11) is 2.14. The number of likely N-dealkylation sites (N-methyl/N-ethyl adjacent to an activating group) is 1. The van der Waals surface area contributed by atoms with Crippen LogP contribution in [0.5, 0.6) is 0 Å². The van der Waals surface area contributed by atoms with Crippen molar-refractivity contribution in [1.29, 1.82) is 0 Å². The van der Waals surface area contributed by atoms with Gasteiger partial charge in [0, 0.05) is 65.5 Å². The SMILES string of the molecule is Cc1ccc(C(=O)Nc2cccc(C(=O)c3ccc4c(c3)NC(=O)C4C=Nc3ccc(N4CCN(C)CC4)cc3)c2)s1. The van der Waals surface area contributed by atoms with E-state index in [9.17, 15) is 14.4 Å². The molecule has 0 bridgehead atoms. The van der Waals surface area contributed by atoms with Crippen LogP contribution in [0.15, 0.2) is 83.9 Å². The van der Waals surface area contributed by atoms with Crippen molar-refractivity contribution in [1.82, 2.24) is 4.90 Å². The van der Waals surface area contributed by atoms with Crippen molar-refractivity contribution in [3.8, 4) is 0 Å². The summed E-state index contributed by atoms with van der Waals surface area (Å²) >= 11 is 1.42. The summed E-state index contributed by atoms with van der Waals surface area (Å²) in [5, 5.41) is 5.76. The van der Waals surface area contributed by atoms with Crippen LogP contribution in [0, 0.1) is 6.92 Å². The minimum Gasteiger partial charge on any atom is -0.369 e. The van der Waals surface area contributed by atoms with E-state index in [0.717, 1.165) is 42.3 Å². The number of piperazine rings is 1. The van der Waals surface area contributed by atoms with E-state index in [1.807, 2.05) is 25.1 Å². The summed E-state index contributed by atoms with van der Waals surface area (Å²) < 4.78 is 0. The highest BCUT2D eigenvalue weighted by Crippen LogP contribution is 2.33. The fourth-order valence-corrected chi connectivity index (χ4v) is 5.97. The fourth-order valence-electron chi connectivity index (χ4n) is 5.21. The molecule has 0 radical (unpaired) electrons. The Bertz CT molecular complexity index is 1690. The van der Waals surface area contributed by atoms with Gasteiger partial charge in [-0.25, -0.2) is 0 Å². The Morgan fingerprint density at radius 3 is 2.45 bits per heavy atom.